The van der Waals surface area contributed by atoms with Crippen molar-refractivity contribution in [3.05, 3.63) is 35.9 Å². The van der Waals surface area contributed by atoms with E-state index in [0.717, 1.165) is 6.54 Å². The van der Waals surface area contributed by atoms with Gasteiger partial charge < -0.3 is 0 Å². The van der Waals surface area contributed by atoms with E-state index in [4.69, 9.17) is 11.6 Å². The first kappa shape index (κ1) is 8.57. The van der Waals surface area contributed by atoms with Gasteiger partial charge in [0.25, 0.3) is 0 Å². The number of halogens is 1. The maximum Gasteiger partial charge on any atom is 0.0799 e. The molecule has 1 unspecified atom stereocenters. The van der Waals surface area contributed by atoms with E-state index < -0.39 is 0 Å². The molecule has 11 heavy (non-hydrogen) atoms. The van der Waals surface area contributed by atoms with Crippen molar-refractivity contribution in [1.29, 1.82) is 0 Å². The Balaban J connectivity index is 2.39. The maximum atomic E-state index is 5.72. The van der Waals surface area contributed by atoms with Crippen molar-refractivity contribution in [2.75, 3.05) is 0 Å². The van der Waals surface area contributed by atoms with E-state index in [2.05, 4.69) is 17.4 Å². The summed E-state index contributed by atoms with van der Waals surface area (Å²) in [5, 5.41) is 3.13. The fourth-order valence-corrected chi connectivity index (χ4v) is 0.932. The Labute approximate surface area is 72.4 Å². The molecule has 1 N–H and O–H groups in total. The molecule has 2 heteroatoms. The normalized spacial score (nSPS) is 12.9. The van der Waals surface area contributed by atoms with Crippen molar-refractivity contribution in [2.45, 2.75) is 19.0 Å². The van der Waals surface area contributed by atoms with Gasteiger partial charge in [-0.1, -0.05) is 30.3 Å². The molecule has 1 aromatic rings. The average molecular weight is 170 g/mol. The molecule has 0 aromatic heterocycles. The van der Waals surface area contributed by atoms with Crippen LogP contribution in [-0.2, 0) is 6.54 Å². The molecule has 1 rings (SSSR count). The van der Waals surface area contributed by atoms with Gasteiger partial charge in [0, 0.05) is 6.54 Å². The molecule has 0 radical (unpaired) electrons. The number of hydrogen-bond acceptors (Lipinski definition) is 1. The molecule has 0 saturated carbocycles. The topological polar surface area (TPSA) is 12.0 Å². The van der Waals surface area contributed by atoms with Crippen molar-refractivity contribution >= 4 is 11.6 Å². The Morgan fingerprint density at radius 2 is 2.00 bits per heavy atom. The molecule has 1 atom stereocenters. The number of hydrogen-bond donors (Lipinski definition) is 1. The Hall–Kier alpha value is -0.530. The Morgan fingerprint density at radius 1 is 1.36 bits per heavy atom. The van der Waals surface area contributed by atoms with E-state index >= 15 is 0 Å². The van der Waals surface area contributed by atoms with Crippen LogP contribution in [0.3, 0.4) is 0 Å². The summed E-state index contributed by atoms with van der Waals surface area (Å²) in [6, 6.07) is 10.2. The van der Waals surface area contributed by atoms with Crippen LogP contribution in [0, 0.1) is 0 Å². The van der Waals surface area contributed by atoms with Crippen LogP contribution in [0.1, 0.15) is 12.5 Å². The summed E-state index contributed by atoms with van der Waals surface area (Å²) in [6.45, 7) is 2.76. The third-order valence-electron chi connectivity index (χ3n) is 1.43. The van der Waals surface area contributed by atoms with E-state index in [1.807, 2.05) is 25.1 Å². The lowest BCUT2D eigenvalue weighted by molar-refractivity contribution is 0.680. The molecule has 0 aliphatic heterocycles. The zero-order valence-corrected chi connectivity index (χ0v) is 7.31. The largest absolute Gasteiger partial charge is 0.297 e. The molecular weight excluding hydrogens is 158 g/mol. The van der Waals surface area contributed by atoms with Gasteiger partial charge in [0.2, 0.25) is 0 Å². The molecule has 0 aliphatic carbocycles. The van der Waals surface area contributed by atoms with E-state index in [9.17, 15) is 0 Å². The second-order valence-electron chi connectivity index (χ2n) is 2.48. The molecule has 0 spiro atoms. The Morgan fingerprint density at radius 3 is 2.55 bits per heavy atom. The molecule has 0 aliphatic rings. The molecule has 60 valence electrons. The van der Waals surface area contributed by atoms with Crippen molar-refractivity contribution in [1.82, 2.24) is 5.32 Å². The van der Waals surface area contributed by atoms with Crippen LogP contribution >= 0.6 is 11.6 Å². The minimum absolute atomic E-state index is 0.0372. The summed E-state index contributed by atoms with van der Waals surface area (Å²) >= 11 is 5.72. The molecule has 0 heterocycles. The standard InChI is InChI=1S/C9H12ClN/c1-8(10)11-7-9-5-3-2-4-6-9/h2-6,8,11H,7H2,1H3. The van der Waals surface area contributed by atoms with Gasteiger partial charge in [-0.15, -0.1) is 11.6 Å². The smallest absolute Gasteiger partial charge is 0.0799 e. The number of rotatable bonds is 3. The molecule has 1 aromatic carbocycles. The molecule has 0 bridgehead atoms. The predicted octanol–water partition coefficient (Wildman–Crippen LogP) is 2.36. The Bertz CT molecular complexity index is 196. The summed E-state index contributed by atoms with van der Waals surface area (Å²) in [5.74, 6) is 0. The third-order valence-corrected chi connectivity index (χ3v) is 1.58. The van der Waals surface area contributed by atoms with Gasteiger partial charge in [-0.25, -0.2) is 0 Å². The Kier molecular flexibility index (Phi) is 3.40. The molecule has 0 saturated heterocycles. The lowest BCUT2D eigenvalue weighted by atomic mass is 10.2. The van der Waals surface area contributed by atoms with Gasteiger partial charge in [-0.3, -0.25) is 5.32 Å². The van der Waals surface area contributed by atoms with Gasteiger partial charge in [-0.2, -0.15) is 0 Å². The average Bonchev–Trinajstić information content (AvgIpc) is 2.03. The molecule has 0 amide bonds. The highest BCUT2D eigenvalue weighted by Crippen LogP contribution is 1.98. The van der Waals surface area contributed by atoms with Crippen LogP contribution in [0.2, 0.25) is 0 Å². The SMILES string of the molecule is CC(Cl)NCc1ccccc1. The summed E-state index contributed by atoms with van der Waals surface area (Å²) in [6.07, 6.45) is 0. The zero-order valence-electron chi connectivity index (χ0n) is 6.55. The van der Waals surface area contributed by atoms with Gasteiger partial charge in [0.15, 0.2) is 0 Å². The third kappa shape index (κ3) is 3.40. The minimum Gasteiger partial charge on any atom is -0.297 e. The molecule has 1 nitrogen and oxygen atoms in total. The van der Waals surface area contributed by atoms with Gasteiger partial charge >= 0.3 is 0 Å². The van der Waals surface area contributed by atoms with E-state index in [0.29, 0.717) is 0 Å². The summed E-state index contributed by atoms with van der Waals surface area (Å²) in [7, 11) is 0. The predicted molar refractivity (Wildman–Crippen MR) is 48.6 cm³/mol. The van der Waals surface area contributed by atoms with Crippen LogP contribution < -0.4 is 5.32 Å². The molecule has 0 fully saturated rings. The summed E-state index contributed by atoms with van der Waals surface area (Å²) in [5.41, 5.74) is 1.30. The highest BCUT2D eigenvalue weighted by Gasteiger charge is 1.93. The quantitative estimate of drug-likeness (QED) is 0.541. The first-order chi connectivity index (χ1) is 5.29. The lowest BCUT2D eigenvalue weighted by Crippen LogP contribution is -2.19. The van der Waals surface area contributed by atoms with Crippen LogP contribution in [0.4, 0.5) is 0 Å². The number of alkyl halides is 1. The first-order valence-electron chi connectivity index (χ1n) is 3.70. The number of benzene rings is 1. The number of nitrogens with one attached hydrogen (secondary N) is 1. The van der Waals surface area contributed by atoms with Gasteiger partial charge in [0.05, 0.1) is 5.50 Å². The van der Waals surface area contributed by atoms with Crippen LogP contribution in [-0.4, -0.2) is 5.50 Å². The van der Waals surface area contributed by atoms with Crippen LogP contribution in [0.5, 0.6) is 0 Å². The van der Waals surface area contributed by atoms with Crippen molar-refractivity contribution < 1.29 is 0 Å². The van der Waals surface area contributed by atoms with Crippen molar-refractivity contribution in [3.63, 3.8) is 0 Å². The first-order valence-corrected chi connectivity index (χ1v) is 4.14. The highest BCUT2D eigenvalue weighted by molar-refractivity contribution is 6.20. The van der Waals surface area contributed by atoms with E-state index in [1.165, 1.54) is 5.56 Å². The second kappa shape index (κ2) is 4.37. The van der Waals surface area contributed by atoms with Crippen molar-refractivity contribution in [2.24, 2.45) is 0 Å². The highest BCUT2D eigenvalue weighted by atomic mass is 35.5. The monoisotopic (exact) mass is 169 g/mol. The fourth-order valence-electron chi connectivity index (χ4n) is 0.854. The van der Waals surface area contributed by atoms with Crippen molar-refractivity contribution in [3.8, 4) is 0 Å². The molecular formula is C9H12ClN. The summed E-state index contributed by atoms with van der Waals surface area (Å²) in [4.78, 5) is 0. The maximum absolute atomic E-state index is 5.72. The van der Waals surface area contributed by atoms with E-state index in [1.54, 1.807) is 0 Å². The lowest BCUT2D eigenvalue weighted by Gasteiger charge is -2.05. The van der Waals surface area contributed by atoms with Crippen LogP contribution in [0.15, 0.2) is 30.3 Å². The van der Waals surface area contributed by atoms with E-state index in [-0.39, 0.29) is 5.50 Å². The minimum atomic E-state index is 0.0372. The summed E-state index contributed by atoms with van der Waals surface area (Å²) < 4.78 is 0. The van der Waals surface area contributed by atoms with Crippen LogP contribution in [0.25, 0.3) is 0 Å². The second-order valence-corrected chi connectivity index (χ2v) is 3.14. The zero-order chi connectivity index (χ0) is 8.10. The van der Waals surface area contributed by atoms with Gasteiger partial charge in [0.1, 0.15) is 0 Å². The fraction of sp³-hybridized carbons (Fsp3) is 0.333. The van der Waals surface area contributed by atoms with Gasteiger partial charge in [-0.05, 0) is 12.5 Å².